The van der Waals surface area contributed by atoms with Gasteiger partial charge in [0.05, 0.1) is 6.10 Å². The first kappa shape index (κ1) is 8.71. The molecule has 0 bridgehead atoms. The standard InChI is InChI=1S/C8H13NOS/c1-9-5-8(10)4-7-2-3-11-6-7/h2-3,6,8-10H,4-5H2,1H3. The number of likely N-dealkylation sites (N-methyl/N-ethyl adjacent to an activating group) is 1. The van der Waals surface area contributed by atoms with Gasteiger partial charge in [-0.2, -0.15) is 11.3 Å². The van der Waals surface area contributed by atoms with E-state index in [4.69, 9.17) is 0 Å². The molecule has 1 unspecified atom stereocenters. The lowest BCUT2D eigenvalue weighted by atomic mass is 10.1. The van der Waals surface area contributed by atoms with Crippen molar-refractivity contribution < 1.29 is 5.11 Å². The second-order valence-electron chi connectivity index (χ2n) is 2.55. The van der Waals surface area contributed by atoms with Crippen LogP contribution in [0, 0.1) is 0 Å². The minimum atomic E-state index is -0.255. The summed E-state index contributed by atoms with van der Waals surface area (Å²) in [6.45, 7) is 0.663. The molecule has 1 aromatic heterocycles. The molecule has 0 saturated heterocycles. The highest BCUT2D eigenvalue weighted by atomic mass is 32.1. The van der Waals surface area contributed by atoms with Crippen LogP contribution in [0.4, 0.5) is 0 Å². The molecule has 62 valence electrons. The van der Waals surface area contributed by atoms with Gasteiger partial charge in [-0.05, 0) is 29.4 Å². The molecule has 0 aromatic carbocycles. The Morgan fingerprint density at radius 1 is 1.73 bits per heavy atom. The molecule has 0 aliphatic heterocycles. The Bertz CT molecular complexity index is 186. The normalized spacial score (nSPS) is 13.3. The molecular weight excluding hydrogens is 158 g/mol. The van der Waals surface area contributed by atoms with E-state index < -0.39 is 0 Å². The number of nitrogens with one attached hydrogen (secondary N) is 1. The van der Waals surface area contributed by atoms with Gasteiger partial charge in [0, 0.05) is 13.0 Å². The van der Waals surface area contributed by atoms with Crippen molar-refractivity contribution in [3.63, 3.8) is 0 Å². The van der Waals surface area contributed by atoms with E-state index in [0.29, 0.717) is 6.54 Å². The largest absolute Gasteiger partial charge is 0.391 e. The Morgan fingerprint density at radius 2 is 2.55 bits per heavy atom. The minimum absolute atomic E-state index is 0.255. The van der Waals surface area contributed by atoms with Crippen LogP contribution < -0.4 is 5.32 Å². The highest BCUT2D eigenvalue weighted by Gasteiger charge is 2.03. The first-order valence-electron chi connectivity index (χ1n) is 3.66. The SMILES string of the molecule is CNCC(O)Cc1ccsc1. The molecule has 0 radical (unpaired) electrons. The van der Waals surface area contributed by atoms with E-state index in [-0.39, 0.29) is 6.10 Å². The minimum Gasteiger partial charge on any atom is -0.391 e. The van der Waals surface area contributed by atoms with Crippen LogP contribution in [0.15, 0.2) is 16.8 Å². The molecule has 0 saturated carbocycles. The quantitative estimate of drug-likeness (QED) is 0.704. The zero-order chi connectivity index (χ0) is 8.10. The third kappa shape index (κ3) is 3.01. The summed E-state index contributed by atoms with van der Waals surface area (Å²) in [4.78, 5) is 0. The van der Waals surface area contributed by atoms with Gasteiger partial charge in [0.15, 0.2) is 0 Å². The number of hydrogen-bond donors (Lipinski definition) is 2. The van der Waals surface area contributed by atoms with E-state index in [1.165, 1.54) is 5.56 Å². The lowest BCUT2D eigenvalue weighted by Crippen LogP contribution is -2.25. The topological polar surface area (TPSA) is 32.3 Å². The van der Waals surface area contributed by atoms with E-state index in [0.717, 1.165) is 6.42 Å². The maximum Gasteiger partial charge on any atom is 0.0705 e. The summed E-state index contributed by atoms with van der Waals surface area (Å²) in [7, 11) is 1.84. The Labute approximate surface area is 70.9 Å². The molecule has 1 heterocycles. The molecule has 0 amide bonds. The predicted molar refractivity (Wildman–Crippen MR) is 48.0 cm³/mol. The van der Waals surface area contributed by atoms with Gasteiger partial charge in [0.1, 0.15) is 0 Å². The van der Waals surface area contributed by atoms with Crippen molar-refractivity contribution in [3.05, 3.63) is 22.4 Å². The fourth-order valence-corrected chi connectivity index (χ4v) is 1.67. The Morgan fingerprint density at radius 3 is 3.09 bits per heavy atom. The van der Waals surface area contributed by atoms with Crippen LogP contribution in [0.5, 0.6) is 0 Å². The van der Waals surface area contributed by atoms with E-state index >= 15 is 0 Å². The van der Waals surface area contributed by atoms with E-state index in [1.807, 2.05) is 18.5 Å². The fourth-order valence-electron chi connectivity index (χ4n) is 0.989. The molecule has 3 heteroatoms. The lowest BCUT2D eigenvalue weighted by molar-refractivity contribution is 0.175. The van der Waals surface area contributed by atoms with Crippen LogP contribution in [0.25, 0.3) is 0 Å². The summed E-state index contributed by atoms with van der Waals surface area (Å²) < 4.78 is 0. The first-order valence-corrected chi connectivity index (χ1v) is 4.61. The summed E-state index contributed by atoms with van der Waals surface area (Å²) in [6, 6.07) is 2.05. The van der Waals surface area contributed by atoms with Gasteiger partial charge in [0.25, 0.3) is 0 Å². The van der Waals surface area contributed by atoms with E-state index in [2.05, 4.69) is 10.7 Å². The number of aliphatic hydroxyl groups excluding tert-OH is 1. The summed E-state index contributed by atoms with van der Waals surface area (Å²) >= 11 is 1.67. The van der Waals surface area contributed by atoms with Crippen LogP contribution in [0.3, 0.4) is 0 Å². The number of aliphatic hydroxyl groups is 1. The van der Waals surface area contributed by atoms with Crippen molar-refractivity contribution in [2.45, 2.75) is 12.5 Å². The van der Waals surface area contributed by atoms with Gasteiger partial charge in [0.2, 0.25) is 0 Å². The molecule has 0 fully saturated rings. The number of rotatable bonds is 4. The second-order valence-corrected chi connectivity index (χ2v) is 3.33. The number of hydrogen-bond acceptors (Lipinski definition) is 3. The Hall–Kier alpha value is -0.380. The molecule has 2 N–H and O–H groups in total. The van der Waals surface area contributed by atoms with Crippen molar-refractivity contribution in [1.82, 2.24) is 5.32 Å². The maximum atomic E-state index is 9.36. The maximum absolute atomic E-state index is 9.36. The molecule has 1 aromatic rings. The van der Waals surface area contributed by atoms with Crippen LogP contribution in [0.2, 0.25) is 0 Å². The highest BCUT2D eigenvalue weighted by molar-refractivity contribution is 7.07. The van der Waals surface area contributed by atoms with Crippen LogP contribution in [0.1, 0.15) is 5.56 Å². The van der Waals surface area contributed by atoms with Gasteiger partial charge in [-0.25, -0.2) is 0 Å². The fraction of sp³-hybridized carbons (Fsp3) is 0.500. The summed E-state index contributed by atoms with van der Waals surface area (Å²) in [5, 5.41) is 16.4. The smallest absolute Gasteiger partial charge is 0.0705 e. The lowest BCUT2D eigenvalue weighted by Gasteiger charge is -2.07. The van der Waals surface area contributed by atoms with Crippen molar-refractivity contribution in [1.29, 1.82) is 0 Å². The van der Waals surface area contributed by atoms with Crippen molar-refractivity contribution in [2.75, 3.05) is 13.6 Å². The molecule has 0 aliphatic carbocycles. The van der Waals surface area contributed by atoms with E-state index in [9.17, 15) is 5.11 Å². The van der Waals surface area contributed by atoms with Crippen LogP contribution in [-0.4, -0.2) is 24.8 Å². The predicted octanol–water partition coefficient (Wildman–Crippen LogP) is 0.871. The first-order chi connectivity index (χ1) is 5.33. The Kier molecular flexibility index (Phi) is 3.56. The van der Waals surface area contributed by atoms with E-state index in [1.54, 1.807) is 11.3 Å². The van der Waals surface area contributed by atoms with Gasteiger partial charge in [-0.15, -0.1) is 0 Å². The van der Waals surface area contributed by atoms with Gasteiger partial charge < -0.3 is 10.4 Å². The highest BCUT2D eigenvalue weighted by Crippen LogP contribution is 2.07. The second kappa shape index (κ2) is 4.49. The zero-order valence-corrected chi connectivity index (χ0v) is 7.40. The molecule has 1 atom stereocenters. The van der Waals surface area contributed by atoms with Gasteiger partial charge in [-0.1, -0.05) is 0 Å². The van der Waals surface area contributed by atoms with Crippen LogP contribution in [-0.2, 0) is 6.42 Å². The van der Waals surface area contributed by atoms with Gasteiger partial charge >= 0.3 is 0 Å². The summed E-state index contributed by atoms with van der Waals surface area (Å²) in [6.07, 6.45) is 0.499. The molecule has 1 rings (SSSR count). The van der Waals surface area contributed by atoms with Crippen molar-refractivity contribution in [3.8, 4) is 0 Å². The summed E-state index contributed by atoms with van der Waals surface area (Å²) in [5.41, 5.74) is 1.22. The Balaban J connectivity index is 2.31. The molecule has 2 nitrogen and oxygen atoms in total. The third-order valence-corrected chi connectivity index (χ3v) is 2.22. The van der Waals surface area contributed by atoms with Crippen molar-refractivity contribution in [2.24, 2.45) is 0 Å². The average Bonchev–Trinajstić information content (AvgIpc) is 2.40. The van der Waals surface area contributed by atoms with Crippen molar-refractivity contribution >= 4 is 11.3 Å². The van der Waals surface area contributed by atoms with Gasteiger partial charge in [-0.3, -0.25) is 0 Å². The monoisotopic (exact) mass is 171 g/mol. The van der Waals surface area contributed by atoms with Crippen LogP contribution >= 0.6 is 11.3 Å². The third-order valence-electron chi connectivity index (χ3n) is 1.49. The number of thiophene rings is 1. The molecular formula is C8H13NOS. The average molecular weight is 171 g/mol. The molecule has 11 heavy (non-hydrogen) atoms. The molecule has 0 spiro atoms. The molecule has 0 aliphatic rings. The zero-order valence-electron chi connectivity index (χ0n) is 6.58. The summed E-state index contributed by atoms with van der Waals surface area (Å²) in [5.74, 6) is 0.